The van der Waals surface area contributed by atoms with Crippen molar-refractivity contribution in [3.05, 3.63) is 16.8 Å². The first-order valence-corrected chi connectivity index (χ1v) is 8.36. The van der Waals surface area contributed by atoms with Crippen LogP contribution in [-0.2, 0) is 4.79 Å². The molecule has 5 nitrogen and oxygen atoms in total. The highest BCUT2D eigenvalue weighted by molar-refractivity contribution is 7.08. The Morgan fingerprint density at radius 2 is 2.29 bits per heavy atom. The lowest BCUT2D eigenvalue weighted by Gasteiger charge is -2.32. The van der Waals surface area contributed by atoms with Crippen LogP contribution in [0.1, 0.15) is 26.7 Å². The first-order chi connectivity index (χ1) is 10.1. The highest BCUT2D eigenvalue weighted by Gasteiger charge is 2.28. The second-order valence-electron chi connectivity index (χ2n) is 5.87. The summed E-state index contributed by atoms with van der Waals surface area (Å²) in [4.78, 5) is 26.1. The minimum atomic E-state index is -0.122. The number of nitrogens with one attached hydrogen (secondary N) is 2. The van der Waals surface area contributed by atoms with E-state index >= 15 is 0 Å². The van der Waals surface area contributed by atoms with Gasteiger partial charge < -0.3 is 15.5 Å². The van der Waals surface area contributed by atoms with Gasteiger partial charge in [-0.15, -0.1) is 0 Å². The number of likely N-dealkylation sites (tertiary alicyclic amines) is 1. The Morgan fingerprint density at radius 1 is 1.48 bits per heavy atom. The minimum Gasteiger partial charge on any atom is -0.338 e. The van der Waals surface area contributed by atoms with E-state index in [1.807, 2.05) is 16.8 Å². The molecule has 1 saturated heterocycles. The SMILES string of the molecule is CC(C)CNC(=O)N1CCCC(C(=O)Nc2ccsc2)C1. The molecule has 1 aromatic rings. The van der Waals surface area contributed by atoms with Crippen LogP contribution < -0.4 is 10.6 Å². The van der Waals surface area contributed by atoms with Crippen molar-refractivity contribution in [3.8, 4) is 0 Å². The average Bonchev–Trinajstić information content (AvgIpc) is 2.97. The summed E-state index contributed by atoms with van der Waals surface area (Å²) in [5, 5.41) is 9.67. The fourth-order valence-electron chi connectivity index (χ4n) is 2.36. The first kappa shape index (κ1) is 15.8. The summed E-state index contributed by atoms with van der Waals surface area (Å²) < 4.78 is 0. The Labute approximate surface area is 129 Å². The maximum Gasteiger partial charge on any atom is 0.317 e. The van der Waals surface area contributed by atoms with Crippen molar-refractivity contribution in [2.45, 2.75) is 26.7 Å². The molecule has 1 aliphatic heterocycles. The number of carbonyl (C=O) groups is 2. The number of urea groups is 1. The highest BCUT2D eigenvalue weighted by atomic mass is 32.1. The van der Waals surface area contributed by atoms with E-state index in [1.165, 1.54) is 0 Å². The van der Waals surface area contributed by atoms with Crippen molar-refractivity contribution in [1.29, 1.82) is 0 Å². The molecule has 6 heteroatoms. The Kier molecular flexibility index (Phi) is 5.61. The number of hydrogen-bond donors (Lipinski definition) is 2. The summed E-state index contributed by atoms with van der Waals surface area (Å²) in [5.74, 6) is 0.314. The number of amides is 3. The van der Waals surface area contributed by atoms with Crippen LogP contribution in [0.3, 0.4) is 0 Å². The van der Waals surface area contributed by atoms with Gasteiger partial charge in [-0.1, -0.05) is 13.8 Å². The van der Waals surface area contributed by atoms with Gasteiger partial charge in [0.05, 0.1) is 11.6 Å². The third kappa shape index (κ3) is 4.74. The van der Waals surface area contributed by atoms with Crippen LogP contribution in [0.2, 0.25) is 0 Å². The van der Waals surface area contributed by atoms with Crippen LogP contribution >= 0.6 is 11.3 Å². The van der Waals surface area contributed by atoms with Crippen molar-refractivity contribution in [2.24, 2.45) is 11.8 Å². The van der Waals surface area contributed by atoms with Crippen LogP contribution in [0.25, 0.3) is 0 Å². The summed E-state index contributed by atoms with van der Waals surface area (Å²) in [5.41, 5.74) is 0.839. The Hall–Kier alpha value is -1.56. The van der Waals surface area contributed by atoms with Gasteiger partial charge in [0.2, 0.25) is 5.91 Å². The van der Waals surface area contributed by atoms with E-state index in [-0.39, 0.29) is 17.9 Å². The van der Waals surface area contributed by atoms with Crippen molar-refractivity contribution < 1.29 is 9.59 Å². The van der Waals surface area contributed by atoms with Crippen molar-refractivity contribution >= 4 is 29.0 Å². The lowest BCUT2D eigenvalue weighted by Crippen LogP contribution is -2.48. The molecule has 1 atom stereocenters. The molecular weight excluding hydrogens is 286 g/mol. The molecule has 0 radical (unpaired) electrons. The maximum absolute atomic E-state index is 12.2. The van der Waals surface area contributed by atoms with Gasteiger partial charge in [0, 0.05) is 25.0 Å². The minimum absolute atomic E-state index is 0.00904. The van der Waals surface area contributed by atoms with Gasteiger partial charge in [-0.05, 0) is 30.2 Å². The number of anilines is 1. The van der Waals surface area contributed by atoms with Gasteiger partial charge in [0.1, 0.15) is 0 Å². The molecule has 1 aromatic heterocycles. The lowest BCUT2D eigenvalue weighted by atomic mass is 9.97. The summed E-state index contributed by atoms with van der Waals surface area (Å²) in [6, 6.07) is 1.83. The number of nitrogens with zero attached hydrogens (tertiary/aromatic N) is 1. The Morgan fingerprint density at radius 3 is 2.95 bits per heavy atom. The molecule has 0 aliphatic carbocycles. The zero-order valence-electron chi connectivity index (χ0n) is 12.6. The predicted molar refractivity (Wildman–Crippen MR) is 85.5 cm³/mol. The average molecular weight is 309 g/mol. The maximum atomic E-state index is 12.2. The third-order valence-corrected chi connectivity index (χ3v) is 4.21. The molecule has 116 valence electrons. The molecule has 0 spiro atoms. The Bertz CT molecular complexity index is 473. The molecule has 0 bridgehead atoms. The van der Waals surface area contributed by atoms with Crippen molar-refractivity contribution in [1.82, 2.24) is 10.2 Å². The molecular formula is C15H23N3O2S. The van der Waals surface area contributed by atoms with Crippen LogP contribution in [0, 0.1) is 11.8 Å². The van der Waals surface area contributed by atoms with E-state index in [9.17, 15) is 9.59 Å². The van der Waals surface area contributed by atoms with Gasteiger partial charge in [0.25, 0.3) is 0 Å². The smallest absolute Gasteiger partial charge is 0.317 e. The fraction of sp³-hybridized carbons (Fsp3) is 0.600. The topological polar surface area (TPSA) is 61.4 Å². The van der Waals surface area contributed by atoms with Crippen LogP contribution in [0.4, 0.5) is 10.5 Å². The fourth-order valence-corrected chi connectivity index (χ4v) is 2.95. The van der Waals surface area contributed by atoms with E-state index in [0.717, 1.165) is 25.1 Å². The van der Waals surface area contributed by atoms with Gasteiger partial charge in [-0.25, -0.2) is 4.79 Å². The number of carbonyl (C=O) groups excluding carboxylic acids is 2. The molecule has 2 N–H and O–H groups in total. The molecule has 0 saturated carbocycles. The highest BCUT2D eigenvalue weighted by Crippen LogP contribution is 2.20. The number of piperidine rings is 1. The second-order valence-corrected chi connectivity index (χ2v) is 6.65. The van der Waals surface area contributed by atoms with E-state index in [2.05, 4.69) is 24.5 Å². The van der Waals surface area contributed by atoms with E-state index < -0.39 is 0 Å². The zero-order valence-corrected chi connectivity index (χ0v) is 13.4. The van der Waals surface area contributed by atoms with Gasteiger partial charge in [-0.2, -0.15) is 11.3 Å². The van der Waals surface area contributed by atoms with Crippen molar-refractivity contribution in [2.75, 3.05) is 25.0 Å². The summed E-state index contributed by atoms with van der Waals surface area (Å²) in [6.07, 6.45) is 1.71. The quantitative estimate of drug-likeness (QED) is 0.898. The van der Waals surface area contributed by atoms with E-state index in [1.54, 1.807) is 16.2 Å². The largest absolute Gasteiger partial charge is 0.338 e. The summed E-state index contributed by atoms with van der Waals surface area (Å²) in [7, 11) is 0. The van der Waals surface area contributed by atoms with Crippen LogP contribution in [0.5, 0.6) is 0 Å². The molecule has 1 unspecified atom stereocenters. The van der Waals surface area contributed by atoms with E-state index in [4.69, 9.17) is 0 Å². The first-order valence-electron chi connectivity index (χ1n) is 7.42. The molecule has 2 heterocycles. The molecule has 21 heavy (non-hydrogen) atoms. The van der Waals surface area contributed by atoms with Gasteiger partial charge in [-0.3, -0.25) is 4.79 Å². The van der Waals surface area contributed by atoms with Crippen molar-refractivity contribution in [3.63, 3.8) is 0 Å². The number of thiophene rings is 1. The normalized spacial score (nSPS) is 18.6. The molecule has 1 fully saturated rings. The summed E-state index contributed by atoms with van der Waals surface area (Å²) in [6.45, 7) is 6.02. The molecule has 0 aromatic carbocycles. The number of hydrogen-bond acceptors (Lipinski definition) is 3. The third-order valence-electron chi connectivity index (χ3n) is 3.53. The predicted octanol–water partition coefficient (Wildman–Crippen LogP) is 2.76. The zero-order chi connectivity index (χ0) is 15.2. The molecule has 3 amide bonds. The second kappa shape index (κ2) is 7.45. The van der Waals surface area contributed by atoms with Gasteiger partial charge >= 0.3 is 6.03 Å². The summed E-state index contributed by atoms with van der Waals surface area (Å²) >= 11 is 1.55. The monoisotopic (exact) mass is 309 g/mol. The van der Waals surface area contributed by atoms with Crippen LogP contribution in [-0.4, -0.2) is 36.5 Å². The Balaban J connectivity index is 1.85. The molecule has 1 aliphatic rings. The lowest BCUT2D eigenvalue weighted by molar-refractivity contribution is -0.121. The molecule has 2 rings (SSSR count). The van der Waals surface area contributed by atoms with Crippen LogP contribution in [0.15, 0.2) is 16.8 Å². The standard InChI is InChI=1S/C15H23N3O2S/c1-11(2)8-16-15(20)18-6-3-4-12(9-18)14(19)17-13-5-7-21-10-13/h5,7,10-12H,3-4,6,8-9H2,1-2H3,(H,16,20)(H,17,19). The van der Waals surface area contributed by atoms with Gasteiger partial charge in [0.15, 0.2) is 0 Å². The van der Waals surface area contributed by atoms with E-state index in [0.29, 0.717) is 19.0 Å². The number of rotatable bonds is 4.